The van der Waals surface area contributed by atoms with E-state index in [9.17, 15) is 25.9 Å². The summed E-state index contributed by atoms with van der Waals surface area (Å²) in [4.78, 5) is 0. The van der Waals surface area contributed by atoms with E-state index in [1.54, 1.807) is 0 Å². The highest BCUT2D eigenvalue weighted by Crippen LogP contribution is 2.32. The Hall–Kier alpha value is -0.180. The van der Waals surface area contributed by atoms with Crippen molar-refractivity contribution in [1.82, 2.24) is 0 Å². The third-order valence-electron chi connectivity index (χ3n) is 2.53. The summed E-state index contributed by atoms with van der Waals surface area (Å²) in [7, 11) is -8.50. The van der Waals surface area contributed by atoms with Gasteiger partial charge < -0.3 is 9.11 Å². The summed E-state index contributed by atoms with van der Waals surface area (Å²) >= 11 is 0. The van der Waals surface area contributed by atoms with Crippen molar-refractivity contribution in [3.05, 3.63) is 0 Å². The van der Waals surface area contributed by atoms with E-state index in [4.69, 9.17) is 0 Å². The highest BCUT2D eigenvalue weighted by molar-refractivity contribution is 7.85. The van der Waals surface area contributed by atoms with E-state index in [0.717, 1.165) is 0 Å². The zero-order valence-corrected chi connectivity index (χ0v) is 9.59. The van der Waals surface area contributed by atoms with Gasteiger partial charge in [-0.15, -0.1) is 0 Å². The second kappa shape index (κ2) is 4.36. The van der Waals surface area contributed by atoms with Crippen molar-refractivity contribution >= 4 is 20.2 Å². The van der Waals surface area contributed by atoms with E-state index in [1.807, 2.05) is 0 Å². The molecule has 8 heteroatoms. The molecule has 2 atom stereocenters. The molecule has 1 rings (SSSR count). The van der Waals surface area contributed by atoms with Crippen LogP contribution in [0.15, 0.2) is 0 Å². The van der Waals surface area contributed by atoms with Crippen LogP contribution in [0.3, 0.4) is 0 Å². The van der Waals surface area contributed by atoms with Gasteiger partial charge in [-0.1, -0.05) is 0 Å². The van der Waals surface area contributed by atoms with Crippen molar-refractivity contribution in [3.8, 4) is 0 Å². The molecule has 0 aliphatic heterocycles. The SMILES string of the molecule is O=S(=O)([O-])CC1CCC(CS(=O)(=O)[O-])C1. The maximum absolute atomic E-state index is 10.4. The molecule has 2 unspecified atom stereocenters. The van der Waals surface area contributed by atoms with Crippen LogP contribution in [0.5, 0.6) is 0 Å². The van der Waals surface area contributed by atoms with E-state index < -0.39 is 31.7 Å². The summed E-state index contributed by atoms with van der Waals surface area (Å²) in [6, 6.07) is 0. The normalized spacial score (nSPS) is 28.1. The van der Waals surface area contributed by atoms with Crippen molar-refractivity contribution in [3.63, 3.8) is 0 Å². The molecule has 0 aromatic rings. The largest absolute Gasteiger partial charge is 0.748 e. The lowest BCUT2D eigenvalue weighted by atomic mass is 10.1. The summed E-state index contributed by atoms with van der Waals surface area (Å²) in [6.45, 7) is 0. The number of hydrogen-bond donors (Lipinski definition) is 0. The third kappa shape index (κ3) is 5.45. The van der Waals surface area contributed by atoms with Crippen LogP contribution in [0, 0.1) is 11.8 Å². The second-order valence-corrected chi connectivity index (χ2v) is 6.89. The Kier molecular flexibility index (Phi) is 3.75. The molecule has 0 aromatic heterocycles. The molecular formula is C7H12O6S2-2. The van der Waals surface area contributed by atoms with Gasteiger partial charge in [0.05, 0.1) is 20.2 Å². The summed E-state index contributed by atoms with van der Waals surface area (Å²) in [5.74, 6) is -1.50. The fourth-order valence-corrected chi connectivity index (χ4v) is 3.82. The molecule has 0 heterocycles. The Morgan fingerprint density at radius 2 is 1.20 bits per heavy atom. The molecular weight excluding hydrogens is 244 g/mol. The van der Waals surface area contributed by atoms with Gasteiger partial charge in [0.25, 0.3) is 0 Å². The maximum atomic E-state index is 10.4. The zero-order valence-electron chi connectivity index (χ0n) is 7.96. The molecule has 15 heavy (non-hydrogen) atoms. The van der Waals surface area contributed by atoms with Crippen molar-refractivity contribution < 1.29 is 25.9 Å². The fraction of sp³-hybridized carbons (Fsp3) is 1.00. The monoisotopic (exact) mass is 256 g/mol. The maximum Gasteiger partial charge on any atom is 0.0948 e. The summed E-state index contributed by atoms with van der Waals surface area (Å²) in [5, 5.41) is 0. The van der Waals surface area contributed by atoms with E-state index in [-0.39, 0.29) is 11.8 Å². The second-order valence-electron chi connectivity index (χ2n) is 3.99. The predicted octanol–water partition coefficient (Wildman–Crippen LogP) is -0.507. The van der Waals surface area contributed by atoms with Crippen LogP contribution in [0.2, 0.25) is 0 Å². The number of rotatable bonds is 4. The van der Waals surface area contributed by atoms with E-state index in [1.165, 1.54) is 0 Å². The Labute approximate surface area is 89.2 Å². The van der Waals surface area contributed by atoms with Crippen molar-refractivity contribution in [2.75, 3.05) is 11.5 Å². The zero-order chi connectivity index (χ0) is 11.7. The molecule has 1 aliphatic carbocycles. The molecule has 0 bridgehead atoms. The van der Waals surface area contributed by atoms with Crippen LogP contribution in [0.1, 0.15) is 19.3 Å². The average molecular weight is 256 g/mol. The van der Waals surface area contributed by atoms with Gasteiger partial charge in [-0.2, -0.15) is 0 Å². The van der Waals surface area contributed by atoms with E-state index in [0.29, 0.717) is 19.3 Å². The first-order valence-electron chi connectivity index (χ1n) is 4.53. The molecule has 90 valence electrons. The smallest absolute Gasteiger partial charge is 0.0948 e. The van der Waals surface area contributed by atoms with Gasteiger partial charge in [0.15, 0.2) is 0 Å². The lowest BCUT2D eigenvalue weighted by Crippen LogP contribution is -2.16. The number of hydrogen-bond acceptors (Lipinski definition) is 6. The van der Waals surface area contributed by atoms with Gasteiger partial charge in [0.1, 0.15) is 0 Å². The molecule has 0 aromatic carbocycles. The van der Waals surface area contributed by atoms with E-state index in [2.05, 4.69) is 0 Å². The van der Waals surface area contributed by atoms with Gasteiger partial charge >= 0.3 is 0 Å². The van der Waals surface area contributed by atoms with Crippen molar-refractivity contribution in [2.24, 2.45) is 11.8 Å². The predicted molar refractivity (Wildman–Crippen MR) is 50.0 cm³/mol. The van der Waals surface area contributed by atoms with Crippen LogP contribution in [0.25, 0.3) is 0 Å². The molecule has 1 aliphatic rings. The van der Waals surface area contributed by atoms with Crippen molar-refractivity contribution in [1.29, 1.82) is 0 Å². The van der Waals surface area contributed by atoms with Gasteiger partial charge in [0.2, 0.25) is 0 Å². The van der Waals surface area contributed by atoms with Gasteiger partial charge in [0, 0.05) is 11.5 Å². The average Bonchev–Trinajstić information content (AvgIpc) is 2.28. The molecule has 6 nitrogen and oxygen atoms in total. The molecule has 0 radical (unpaired) electrons. The quantitative estimate of drug-likeness (QED) is 0.626. The minimum atomic E-state index is -4.25. The van der Waals surface area contributed by atoms with Crippen LogP contribution in [0.4, 0.5) is 0 Å². The summed E-state index contributed by atoms with van der Waals surface area (Å²) in [6.07, 6.45) is 1.34. The lowest BCUT2D eigenvalue weighted by Gasteiger charge is -2.14. The molecule has 0 N–H and O–H groups in total. The topological polar surface area (TPSA) is 114 Å². The summed E-state index contributed by atoms with van der Waals surface area (Å²) < 4.78 is 62.7. The molecule has 0 saturated heterocycles. The molecule has 1 fully saturated rings. The Morgan fingerprint density at radius 1 is 0.867 bits per heavy atom. The first-order chi connectivity index (χ1) is 6.66. The van der Waals surface area contributed by atoms with Crippen LogP contribution in [-0.4, -0.2) is 37.4 Å². The Balaban J connectivity index is 2.47. The fourth-order valence-electron chi connectivity index (χ4n) is 2.06. The minimum absolute atomic E-state index is 0.292. The first kappa shape index (κ1) is 12.9. The molecule has 0 spiro atoms. The first-order valence-corrected chi connectivity index (χ1v) is 7.68. The standard InChI is InChI=1S/C7H14O6S2/c8-14(9,10)4-6-1-2-7(3-6)5-15(11,12)13/h6-7H,1-5H2,(H,8,9,10)(H,11,12,13)/p-2. The van der Waals surface area contributed by atoms with Crippen LogP contribution < -0.4 is 0 Å². The minimum Gasteiger partial charge on any atom is -0.748 e. The summed E-state index contributed by atoms with van der Waals surface area (Å²) in [5.41, 5.74) is 0. The van der Waals surface area contributed by atoms with Crippen LogP contribution in [-0.2, 0) is 20.2 Å². The molecule has 0 amide bonds. The van der Waals surface area contributed by atoms with Crippen LogP contribution >= 0.6 is 0 Å². The lowest BCUT2D eigenvalue weighted by molar-refractivity contribution is 0.438. The Bertz CT molecular complexity index is 369. The van der Waals surface area contributed by atoms with Gasteiger partial charge in [-0.05, 0) is 31.1 Å². The van der Waals surface area contributed by atoms with E-state index >= 15 is 0 Å². The van der Waals surface area contributed by atoms with Crippen molar-refractivity contribution in [2.45, 2.75) is 19.3 Å². The highest BCUT2D eigenvalue weighted by Gasteiger charge is 2.27. The third-order valence-corrected chi connectivity index (χ3v) is 4.29. The Morgan fingerprint density at radius 3 is 1.47 bits per heavy atom. The van der Waals surface area contributed by atoms with Gasteiger partial charge in [-0.3, -0.25) is 0 Å². The highest BCUT2D eigenvalue weighted by atomic mass is 32.2. The van der Waals surface area contributed by atoms with Gasteiger partial charge in [-0.25, -0.2) is 16.8 Å². The molecule has 1 saturated carbocycles.